The Morgan fingerprint density at radius 3 is 2.74 bits per heavy atom. The van der Waals surface area contributed by atoms with Gasteiger partial charge in [0.2, 0.25) is 0 Å². The standard InChI is InChI=1S/C14H11BrINOS/c1-19-13-5-3-2-4-12(13)17-14(18)10-8-9(15)6-7-11(10)16/h2-8H,1H3,(H,17,18). The minimum Gasteiger partial charge on any atom is -0.321 e. The fraction of sp³-hybridized carbons (Fsp3) is 0.0714. The second kappa shape index (κ2) is 6.76. The molecule has 0 spiro atoms. The van der Waals surface area contributed by atoms with Crippen molar-refractivity contribution in [1.29, 1.82) is 0 Å². The van der Waals surface area contributed by atoms with Crippen LogP contribution in [0.5, 0.6) is 0 Å². The average Bonchev–Trinajstić information content (AvgIpc) is 2.42. The van der Waals surface area contributed by atoms with Gasteiger partial charge in [-0.25, -0.2) is 0 Å². The molecular weight excluding hydrogens is 437 g/mol. The topological polar surface area (TPSA) is 29.1 Å². The van der Waals surface area contributed by atoms with Gasteiger partial charge in [-0.1, -0.05) is 28.1 Å². The van der Waals surface area contributed by atoms with Crippen molar-refractivity contribution in [2.24, 2.45) is 0 Å². The summed E-state index contributed by atoms with van der Waals surface area (Å²) in [5, 5.41) is 2.96. The summed E-state index contributed by atoms with van der Waals surface area (Å²) in [6, 6.07) is 13.5. The Bertz CT molecular complexity index is 618. The van der Waals surface area contributed by atoms with Crippen molar-refractivity contribution in [2.75, 3.05) is 11.6 Å². The molecule has 0 saturated heterocycles. The highest BCUT2D eigenvalue weighted by atomic mass is 127. The molecule has 0 aromatic heterocycles. The molecule has 0 aliphatic carbocycles. The molecule has 0 fully saturated rings. The summed E-state index contributed by atoms with van der Waals surface area (Å²) in [6.45, 7) is 0. The maximum absolute atomic E-state index is 12.3. The molecule has 5 heteroatoms. The molecule has 0 atom stereocenters. The molecule has 2 rings (SSSR count). The molecule has 2 nitrogen and oxygen atoms in total. The number of rotatable bonds is 3. The van der Waals surface area contributed by atoms with Gasteiger partial charge in [-0.2, -0.15) is 0 Å². The number of nitrogens with one attached hydrogen (secondary N) is 1. The van der Waals surface area contributed by atoms with Crippen molar-refractivity contribution in [3.8, 4) is 0 Å². The van der Waals surface area contributed by atoms with E-state index >= 15 is 0 Å². The van der Waals surface area contributed by atoms with Crippen LogP contribution in [0.25, 0.3) is 0 Å². The zero-order valence-electron chi connectivity index (χ0n) is 10.1. The molecule has 0 aliphatic rings. The minimum atomic E-state index is -0.0906. The number of hydrogen-bond acceptors (Lipinski definition) is 2. The monoisotopic (exact) mass is 447 g/mol. The van der Waals surface area contributed by atoms with E-state index < -0.39 is 0 Å². The van der Waals surface area contributed by atoms with Crippen LogP contribution in [-0.4, -0.2) is 12.2 Å². The molecule has 0 bridgehead atoms. The van der Waals surface area contributed by atoms with Crippen molar-refractivity contribution in [3.05, 3.63) is 56.1 Å². The third-order valence-corrected chi connectivity index (χ3v) is 4.76. The zero-order valence-corrected chi connectivity index (χ0v) is 14.7. The number of benzene rings is 2. The Hall–Kier alpha value is -0.530. The zero-order chi connectivity index (χ0) is 13.8. The fourth-order valence-corrected chi connectivity index (χ4v) is 3.10. The number of thioether (sulfide) groups is 1. The Morgan fingerprint density at radius 2 is 2.00 bits per heavy atom. The maximum Gasteiger partial charge on any atom is 0.256 e. The fourth-order valence-electron chi connectivity index (χ4n) is 1.61. The first kappa shape index (κ1) is 14.9. The molecule has 0 aliphatic heterocycles. The van der Waals surface area contributed by atoms with E-state index in [9.17, 15) is 4.79 Å². The SMILES string of the molecule is CSc1ccccc1NC(=O)c1cc(Br)ccc1I. The van der Waals surface area contributed by atoms with Gasteiger partial charge in [-0.3, -0.25) is 4.79 Å². The van der Waals surface area contributed by atoms with E-state index in [-0.39, 0.29) is 5.91 Å². The van der Waals surface area contributed by atoms with Crippen molar-refractivity contribution in [2.45, 2.75) is 4.90 Å². The smallest absolute Gasteiger partial charge is 0.256 e. The largest absolute Gasteiger partial charge is 0.321 e. The van der Waals surface area contributed by atoms with Gasteiger partial charge in [0, 0.05) is 12.9 Å². The van der Waals surface area contributed by atoms with Crippen molar-refractivity contribution < 1.29 is 4.79 Å². The lowest BCUT2D eigenvalue weighted by Gasteiger charge is -2.10. The summed E-state index contributed by atoms with van der Waals surface area (Å²) in [6.07, 6.45) is 1.99. The molecule has 0 radical (unpaired) electrons. The molecule has 1 amide bonds. The molecule has 1 N–H and O–H groups in total. The van der Waals surface area contributed by atoms with Crippen LogP contribution < -0.4 is 5.32 Å². The summed E-state index contributed by atoms with van der Waals surface area (Å²) >= 11 is 7.17. The Labute approximate surface area is 138 Å². The summed E-state index contributed by atoms with van der Waals surface area (Å²) in [5.41, 5.74) is 1.52. The molecular formula is C14H11BrINOS. The maximum atomic E-state index is 12.3. The normalized spacial score (nSPS) is 10.3. The minimum absolute atomic E-state index is 0.0906. The van der Waals surface area contributed by atoms with Crippen LogP contribution in [-0.2, 0) is 0 Å². The predicted molar refractivity (Wildman–Crippen MR) is 93.0 cm³/mol. The van der Waals surface area contributed by atoms with Crippen molar-refractivity contribution in [3.63, 3.8) is 0 Å². The molecule has 19 heavy (non-hydrogen) atoms. The highest BCUT2D eigenvalue weighted by Crippen LogP contribution is 2.26. The van der Waals surface area contributed by atoms with Crippen molar-refractivity contribution >= 4 is 61.9 Å². The highest BCUT2D eigenvalue weighted by molar-refractivity contribution is 14.1. The third-order valence-electron chi connectivity index (χ3n) is 2.53. The number of carbonyl (C=O) groups excluding carboxylic acids is 1. The summed E-state index contributed by atoms with van der Waals surface area (Å²) in [5.74, 6) is -0.0906. The number of halogens is 2. The highest BCUT2D eigenvalue weighted by Gasteiger charge is 2.12. The van der Waals surface area contributed by atoms with Crippen molar-refractivity contribution in [1.82, 2.24) is 0 Å². The van der Waals surface area contributed by atoms with Gasteiger partial charge in [-0.05, 0) is 59.2 Å². The second-order valence-corrected chi connectivity index (χ2v) is 6.70. The van der Waals surface area contributed by atoms with Gasteiger partial charge < -0.3 is 5.32 Å². The second-order valence-electron chi connectivity index (χ2n) is 3.78. The van der Waals surface area contributed by atoms with Crippen LogP contribution >= 0.6 is 50.3 Å². The summed E-state index contributed by atoms with van der Waals surface area (Å²) in [4.78, 5) is 13.4. The Morgan fingerprint density at radius 1 is 1.26 bits per heavy atom. The predicted octanol–water partition coefficient (Wildman–Crippen LogP) is 5.03. The van der Waals surface area contributed by atoms with Crippen LogP contribution in [0.3, 0.4) is 0 Å². The summed E-state index contributed by atoms with van der Waals surface area (Å²) < 4.78 is 1.83. The van der Waals surface area contributed by atoms with E-state index in [4.69, 9.17) is 0 Å². The lowest BCUT2D eigenvalue weighted by molar-refractivity contribution is 0.102. The number of amides is 1. The van der Waals surface area contributed by atoms with Gasteiger partial charge >= 0.3 is 0 Å². The van der Waals surface area contributed by atoms with Crippen LogP contribution in [0, 0.1) is 3.57 Å². The number of anilines is 1. The van der Waals surface area contributed by atoms with E-state index in [1.807, 2.05) is 48.7 Å². The molecule has 0 unspecified atom stereocenters. The number of hydrogen-bond donors (Lipinski definition) is 1. The first-order chi connectivity index (χ1) is 9.11. The van der Waals surface area contributed by atoms with Gasteiger partial charge in [0.25, 0.3) is 5.91 Å². The first-order valence-electron chi connectivity index (χ1n) is 5.51. The lowest BCUT2D eigenvalue weighted by atomic mass is 10.2. The van der Waals surface area contributed by atoms with E-state index in [1.165, 1.54) is 0 Å². The molecule has 0 heterocycles. The Kier molecular flexibility index (Phi) is 5.29. The molecule has 98 valence electrons. The van der Waals surface area contributed by atoms with E-state index in [1.54, 1.807) is 11.8 Å². The number of carbonyl (C=O) groups is 1. The third kappa shape index (κ3) is 3.73. The average molecular weight is 448 g/mol. The number of para-hydroxylation sites is 1. The van der Waals surface area contributed by atoms with Gasteiger partial charge in [0.1, 0.15) is 0 Å². The van der Waals surface area contributed by atoms with Crippen LogP contribution in [0.4, 0.5) is 5.69 Å². The van der Waals surface area contributed by atoms with E-state index in [0.29, 0.717) is 5.56 Å². The van der Waals surface area contributed by atoms with Gasteiger partial charge in [-0.15, -0.1) is 11.8 Å². The summed E-state index contributed by atoms with van der Waals surface area (Å²) in [7, 11) is 0. The van der Waals surface area contributed by atoms with Crippen LogP contribution in [0.2, 0.25) is 0 Å². The van der Waals surface area contributed by atoms with Crippen LogP contribution in [0.1, 0.15) is 10.4 Å². The first-order valence-corrected chi connectivity index (χ1v) is 8.61. The quantitative estimate of drug-likeness (QED) is 0.528. The molecule has 0 saturated carbocycles. The van der Waals surface area contributed by atoms with Crippen LogP contribution in [0.15, 0.2) is 51.8 Å². The molecule has 2 aromatic rings. The van der Waals surface area contributed by atoms with E-state index in [0.717, 1.165) is 18.6 Å². The molecule has 2 aromatic carbocycles. The van der Waals surface area contributed by atoms with Gasteiger partial charge in [0.15, 0.2) is 0 Å². The lowest BCUT2D eigenvalue weighted by Crippen LogP contribution is -2.14. The van der Waals surface area contributed by atoms with Gasteiger partial charge in [0.05, 0.1) is 11.3 Å². The Balaban J connectivity index is 2.28. The van der Waals surface area contributed by atoms with E-state index in [2.05, 4.69) is 43.8 Å².